The summed E-state index contributed by atoms with van der Waals surface area (Å²) >= 11 is 0. The quantitative estimate of drug-likeness (QED) is 0.829. The average Bonchev–Trinajstić information content (AvgIpc) is 2.68. The fourth-order valence-corrected chi connectivity index (χ4v) is 5.15. The summed E-state index contributed by atoms with van der Waals surface area (Å²) in [6.45, 7) is 4.20. The van der Waals surface area contributed by atoms with Crippen molar-refractivity contribution in [3.05, 3.63) is 23.9 Å². The highest BCUT2D eigenvalue weighted by molar-refractivity contribution is 5.48. The molecule has 3 saturated heterocycles. The minimum absolute atomic E-state index is 0.0281. The van der Waals surface area contributed by atoms with Gasteiger partial charge < -0.3 is 14.7 Å². The van der Waals surface area contributed by atoms with Crippen molar-refractivity contribution in [1.29, 1.82) is 0 Å². The number of hydrogen-bond donors (Lipinski definition) is 1. The van der Waals surface area contributed by atoms with Gasteiger partial charge in [0.25, 0.3) is 0 Å². The molecule has 1 atom stereocenters. The number of nitrogens with zero attached hydrogens (tertiary/aromatic N) is 3. The number of pyridine rings is 1. The van der Waals surface area contributed by atoms with E-state index in [9.17, 15) is 18.3 Å². The molecule has 0 bridgehead atoms. The fourth-order valence-electron chi connectivity index (χ4n) is 5.15. The second kappa shape index (κ2) is 7.80. The fraction of sp³-hybridized carbons (Fsp3) is 0.750. The topological polar surface area (TPSA) is 48.8 Å². The normalized spacial score (nSPS) is 27.3. The Kier molecular flexibility index (Phi) is 5.55. The van der Waals surface area contributed by atoms with E-state index in [1.807, 2.05) is 0 Å². The third-order valence-electron chi connectivity index (χ3n) is 6.58. The number of halogens is 3. The van der Waals surface area contributed by atoms with E-state index in [0.717, 1.165) is 57.9 Å². The zero-order valence-electron chi connectivity index (χ0n) is 16.0. The molecule has 1 N–H and O–H groups in total. The minimum atomic E-state index is -4.40. The first-order chi connectivity index (χ1) is 13.4. The number of aliphatic hydroxyl groups excluding tert-OH is 1. The minimum Gasteiger partial charge on any atom is -0.392 e. The van der Waals surface area contributed by atoms with E-state index in [2.05, 4.69) is 9.88 Å². The van der Waals surface area contributed by atoms with Crippen LogP contribution >= 0.6 is 0 Å². The van der Waals surface area contributed by atoms with Crippen LogP contribution in [0.2, 0.25) is 0 Å². The molecule has 3 aliphatic rings. The zero-order chi connectivity index (χ0) is 19.8. The van der Waals surface area contributed by atoms with E-state index < -0.39 is 11.7 Å². The van der Waals surface area contributed by atoms with Crippen molar-refractivity contribution in [3.63, 3.8) is 0 Å². The standard InChI is InChI=1S/C20H28F3N3O2/c21-20(22,23)17-2-1-7-24-18(17)25-8-5-19(6-9-25)12-16(27)13-26(14-19)15-3-10-28-11-4-15/h1-2,7,15-16,27H,3-6,8-14H2. The summed E-state index contributed by atoms with van der Waals surface area (Å²) < 4.78 is 45.5. The van der Waals surface area contributed by atoms with E-state index in [-0.39, 0.29) is 17.3 Å². The summed E-state index contributed by atoms with van der Waals surface area (Å²) in [4.78, 5) is 8.19. The Morgan fingerprint density at radius 3 is 2.57 bits per heavy atom. The highest BCUT2D eigenvalue weighted by Gasteiger charge is 2.44. The molecule has 0 aliphatic carbocycles. The van der Waals surface area contributed by atoms with Gasteiger partial charge in [-0.15, -0.1) is 0 Å². The number of ether oxygens (including phenoxy) is 1. The van der Waals surface area contributed by atoms with E-state index in [1.54, 1.807) is 4.90 Å². The van der Waals surface area contributed by atoms with Crippen molar-refractivity contribution in [3.8, 4) is 0 Å². The summed E-state index contributed by atoms with van der Waals surface area (Å²) in [5.74, 6) is 0.0301. The van der Waals surface area contributed by atoms with Gasteiger partial charge >= 0.3 is 6.18 Å². The number of piperidine rings is 2. The second-order valence-corrected chi connectivity index (χ2v) is 8.49. The number of likely N-dealkylation sites (tertiary alicyclic amines) is 1. The molecule has 5 nitrogen and oxygen atoms in total. The summed E-state index contributed by atoms with van der Waals surface area (Å²) in [5.41, 5.74) is -0.696. The van der Waals surface area contributed by atoms with Crippen LogP contribution in [0, 0.1) is 5.41 Å². The molecular formula is C20H28F3N3O2. The second-order valence-electron chi connectivity index (χ2n) is 8.49. The summed E-state index contributed by atoms with van der Waals surface area (Å²) in [6, 6.07) is 2.87. The monoisotopic (exact) mass is 399 g/mol. The lowest BCUT2D eigenvalue weighted by Gasteiger charge is -2.51. The number of alkyl halides is 3. The predicted octanol–water partition coefficient (Wildman–Crippen LogP) is 2.93. The molecule has 4 heterocycles. The molecule has 28 heavy (non-hydrogen) atoms. The SMILES string of the molecule is OC1CN(C2CCOCC2)CC2(CCN(c3ncccc3C(F)(F)F)CC2)C1. The van der Waals surface area contributed by atoms with Crippen molar-refractivity contribution in [2.24, 2.45) is 5.41 Å². The van der Waals surface area contributed by atoms with Crippen LogP contribution in [0.15, 0.2) is 18.3 Å². The van der Waals surface area contributed by atoms with Gasteiger partial charge in [0.15, 0.2) is 0 Å². The molecule has 1 spiro atoms. The molecule has 1 unspecified atom stereocenters. The first-order valence-electron chi connectivity index (χ1n) is 10.1. The van der Waals surface area contributed by atoms with E-state index in [0.29, 0.717) is 25.7 Å². The van der Waals surface area contributed by atoms with Crippen LogP contribution in [0.5, 0.6) is 0 Å². The zero-order valence-corrected chi connectivity index (χ0v) is 16.0. The maximum Gasteiger partial charge on any atom is 0.419 e. The van der Waals surface area contributed by atoms with Crippen LogP contribution in [0.25, 0.3) is 0 Å². The Labute approximate surface area is 163 Å². The summed E-state index contributed by atoms with van der Waals surface area (Å²) in [5, 5.41) is 10.5. The predicted molar refractivity (Wildman–Crippen MR) is 99.2 cm³/mol. The maximum absolute atomic E-state index is 13.3. The lowest BCUT2D eigenvalue weighted by Crippen LogP contribution is -2.57. The summed E-state index contributed by atoms with van der Waals surface area (Å²) in [6.07, 6.45) is 0.898. The van der Waals surface area contributed by atoms with Crippen LogP contribution < -0.4 is 4.90 Å². The van der Waals surface area contributed by atoms with Gasteiger partial charge in [0.05, 0.1) is 11.7 Å². The lowest BCUT2D eigenvalue weighted by atomic mass is 9.71. The molecule has 1 aromatic heterocycles. The highest BCUT2D eigenvalue weighted by Crippen LogP contribution is 2.43. The Morgan fingerprint density at radius 2 is 1.89 bits per heavy atom. The molecule has 8 heteroatoms. The van der Waals surface area contributed by atoms with Gasteiger partial charge in [-0.05, 0) is 49.7 Å². The maximum atomic E-state index is 13.3. The van der Waals surface area contributed by atoms with Gasteiger partial charge in [-0.2, -0.15) is 13.2 Å². The van der Waals surface area contributed by atoms with E-state index in [4.69, 9.17) is 4.74 Å². The van der Waals surface area contributed by atoms with Crippen molar-refractivity contribution >= 4 is 5.82 Å². The Hall–Kier alpha value is -1.38. The molecule has 1 aromatic rings. The number of anilines is 1. The number of aromatic nitrogens is 1. The molecule has 3 fully saturated rings. The van der Waals surface area contributed by atoms with Crippen LogP contribution in [0.4, 0.5) is 19.0 Å². The molecule has 4 rings (SSSR count). The van der Waals surface area contributed by atoms with Gasteiger partial charge in [-0.3, -0.25) is 4.90 Å². The number of β-amino-alcohol motifs (C(OH)–C–C–N with tert-alkyl or cyclic N) is 1. The largest absolute Gasteiger partial charge is 0.419 e. The molecule has 3 aliphatic heterocycles. The van der Waals surface area contributed by atoms with Gasteiger partial charge in [0.2, 0.25) is 0 Å². The van der Waals surface area contributed by atoms with Crippen molar-refractivity contribution in [1.82, 2.24) is 9.88 Å². The number of hydrogen-bond acceptors (Lipinski definition) is 5. The molecule has 0 saturated carbocycles. The van der Waals surface area contributed by atoms with Crippen LogP contribution in [-0.4, -0.2) is 66.5 Å². The summed E-state index contributed by atoms with van der Waals surface area (Å²) in [7, 11) is 0. The van der Waals surface area contributed by atoms with Gasteiger partial charge in [-0.1, -0.05) is 0 Å². The van der Waals surface area contributed by atoms with Crippen LogP contribution in [0.3, 0.4) is 0 Å². The third kappa shape index (κ3) is 4.14. The Morgan fingerprint density at radius 1 is 1.18 bits per heavy atom. The van der Waals surface area contributed by atoms with Gasteiger partial charge in [0.1, 0.15) is 5.82 Å². The Balaban J connectivity index is 1.46. The van der Waals surface area contributed by atoms with Crippen molar-refractivity contribution in [2.45, 2.75) is 50.4 Å². The third-order valence-corrected chi connectivity index (χ3v) is 6.58. The van der Waals surface area contributed by atoms with Crippen molar-refractivity contribution < 1.29 is 23.0 Å². The van der Waals surface area contributed by atoms with Crippen molar-refractivity contribution in [2.75, 3.05) is 44.3 Å². The van der Waals surface area contributed by atoms with E-state index in [1.165, 1.54) is 12.3 Å². The molecule has 0 amide bonds. The van der Waals surface area contributed by atoms with E-state index >= 15 is 0 Å². The lowest BCUT2D eigenvalue weighted by molar-refractivity contribution is -0.137. The average molecular weight is 399 g/mol. The first-order valence-corrected chi connectivity index (χ1v) is 10.1. The Bertz CT molecular complexity index is 671. The first kappa shape index (κ1) is 19.9. The molecular weight excluding hydrogens is 371 g/mol. The van der Waals surface area contributed by atoms with Gasteiger partial charge in [0, 0.05) is 51.6 Å². The number of aliphatic hydroxyl groups is 1. The van der Waals surface area contributed by atoms with Crippen LogP contribution in [0.1, 0.15) is 37.7 Å². The highest BCUT2D eigenvalue weighted by atomic mass is 19.4. The number of rotatable bonds is 2. The molecule has 0 aromatic carbocycles. The smallest absolute Gasteiger partial charge is 0.392 e. The van der Waals surface area contributed by atoms with Gasteiger partial charge in [-0.25, -0.2) is 4.98 Å². The molecule has 156 valence electrons. The molecule has 0 radical (unpaired) electrons. The van der Waals surface area contributed by atoms with Crippen LogP contribution in [-0.2, 0) is 10.9 Å².